The summed E-state index contributed by atoms with van der Waals surface area (Å²) in [4.78, 5) is 0. The standard InChI is InChI=1S/C28H30N2O2/c1-18-15-20(5-14-26(18)31-24-10-6-22(29)7-11-24)21-16-19(2)27(28(3,4)17-21)32-25-12-8-23(30)9-13-25/h5-16H,17,29-30H2,1-4H3. The van der Waals surface area contributed by atoms with E-state index in [0.717, 1.165) is 51.9 Å². The quantitative estimate of drug-likeness (QED) is 0.426. The summed E-state index contributed by atoms with van der Waals surface area (Å²) in [7, 11) is 0. The highest BCUT2D eigenvalue weighted by Crippen LogP contribution is 2.44. The highest BCUT2D eigenvalue weighted by molar-refractivity contribution is 5.72. The molecule has 32 heavy (non-hydrogen) atoms. The minimum Gasteiger partial charge on any atom is -0.461 e. The van der Waals surface area contributed by atoms with Crippen LogP contribution in [0.2, 0.25) is 0 Å². The molecular weight excluding hydrogens is 396 g/mol. The lowest BCUT2D eigenvalue weighted by Crippen LogP contribution is -2.24. The number of anilines is 2. The van der Waals surface area contributed by atoms with Gasteiger partial charge in [0.15, 0.2) is 0 Å². The first-order chi connectivity index (χ1) is 15.2. The van der Waals surface area contributed by atoms with E-state index in [9.17, 15) is 0 Å². The van der Waals surface area contributed by atoms with E-state index < -0.39 is 0 Å². The predicted octanol–water partition coefficient (Wildman–Crippen LogP) is 7.12. The van der Waals surface area contributed by atoms with Gasteiger partial charge in [0.05, 0.1) is 0 Å². The molecule has 3 aromatic carbocycles. The third-order valence-corrected chi connectivity index (χ3v) is 5.75. The van der Waals surface area contributed by atoms with Crippen LogP contribution in [0.3, 0.4) is 0 Å². The van der Waals surface area contributed by atoms with Crippen molar-refractivity contribution in [2.24, 2.45) is 5.41 Å². The van der Waals surface area contributed by atoms with Crippen LogP contribution in [-0.4, -0.2) is 0 Å². The van der Waals surface area contributed by atoms with Crippen molar-refractivity contribution in [2.45, 2.75) is 34.1 Å². The summed E-state index contributed by atoms with van der Waals surface area (Å²) in [5.74, 6) is 3.41. The molecule has 164 valence electrons. The van der Waals surface area contributed by atoms with E-state index in [1.165, 1.54) is 11.1 Å². The molecule has 0 aliphatic heterocycles. The Labute approximate surface area is 190 Å². The third kappa shape index (κ3) is 4.65. The second-order valence-electron chi connectivity index (χ2n) is 9.06. The van der Waals surface area contributed by atoms with Crippen molar-refractivity contribution in [2.75, 3.05) is 11.5 Å². The molecule has 4 heteroatoms. The number of hydrogen-bond acceptors (Lipinski definition) is 4. The average molecular weight is 427 g/mol. The van der Waals surface area contributed by atoms with Gasteiger partial charge in [-0.25, -0.2) is 0 Å². The molecule has 1 aliphatic carbocycles. The van der Waals surface area contributed by atoms with Gasteiger partial charge >= 0.3 is 0 Å². The maximum Gasteiger partial charge on any atom is 0.130 e. The van der Waals surface area contributed by atoms with Gasteiger partial charge in [-0.2, -0.15) is 0 Å². The molecule has 3 aromatic rings. The van der Waals surface area contributed by atoms with Crippen LogP contribution in [0.25, 0.3) is 5.57 Å². The fraction of sp³-hybridized carbons (Fsp3) is 0.214. The number of aryl methyl sites for hydroxylation is 1. The molecule has 0 unspecified atom stereocenters. The van der Waals surface area contributed by atoms with Gasteiger partial charge in [0.2, 0.25) is 0 Å². The fourth-order valence-corrected chi connectivity index (χ4v) is 4.15. The molecule has 0 saturated heterocycles. The van der Waals surface area contributed by atoms with Crippen LogP contribution in [0, 0.1) is 12.3 Å². The van der Waals surface area contributed by atoms with Gasteiger partial charge in [-0.05, 0) is 103 Å². The van der Waals surface area contributed by atoms with Crippen LogP contribution in [-0.2, 0) is 0 Å². The molecule has 0 saturated carbocycles. The lowest BCUT2D eigenvalue weighted by atomic mass is 9.76. The summed E-state index contributed by atoms with van der Waals surface area (Å²) in [6.07, 6.45) is 3.11. The molecule has 4 N–H and O–H groups in total. The molecule has 0 radical (unpaired) electrons. The highest BCUT2D eigenvalue weighted by atomic mass is 16.5. The Morgan fingerprint density at radius 2 is 1.31 bits per heavy atom. The summed E-state index contributed by atoms with van der Waals surface area (Å²) < 4.78 is 12.3. The average Bonchev–Trinajstić information content (AvgIpc) is 2.74. The molecule has 0 bridgehead atoms. The number of hydrogen-bond donors (Lipinski definition) is 2. The van der Waals surface area contributed by atoms with Crippen LogP contribution in [0.15, 0.2) is 84.1 Å². The number of benzene rings is 3. The normalized spacial score (nSPS) is 15.3. The van der Waals surface area contributed by atoms with E-state index in [2.05, 4.69) is 45.9 Å². The molecule has 4 nitrogen and oxygen atoms in total. The van der Waals surface area contributed by atoms with Crippen LogP contribution in [0.5, 0.6) is 17.2 Å². The van der Waals surface area contributed by atoms with E-state index in [1.807, 2.05) is 54.6 Å². The Morgan fingerprint density at radius 3 is 1.84 bits per heavy atom. The number of rotatable bonds is 5. The van der Waals surface area contributed by atoms with Gasteiger partial charge in [0.25, 0.3) is 0 Å². The first kappa shape index (κ1) is 21.6. The van der Waals surface area contributed by atoms with Crippen molar-refractivity contribution < 1.29 is 9.47 Å². The number of allylic oxidation sites excluding steroid dienone is 4. The summed E-state index contributed by atoms with van der Waals surface area (Å²) in [5, 5.41) is 0. The zero-order valence-electron chi connectivity index (χ0n) is 19.1. The van der Waals surface area contributed by atoms with E-state index in [-0.39, 0.29) is 5.41 Å². The van der Waals surface area contributed by atoms with Crippen LogP contribution < -0.4 is 20.9 Å². The van der Waals surface area contributed by atoms with Gasteiger partial charge in [0, 0.05) is 16.8 Å². The van der Waals surface area contributed by atoms with E-state index in [4.69, 9.17) is 20.9 Å². The molecule has 0 fully saturated rings. The van der Waals surface area contributed by atoms with Crippen LogP contribution in [0.4, 0.5) is 11.4 Å². The largest absolute Gasteiger partial charge is 0.461 e. The predicted molar refractivity (Wildman–Crippen MR) is 133 cm³/mol. The van der Waals surface area contributed by atoms with Crippen molar-refractivity contribution in [3.63, 3.8) is 0 Å². The van der Waals surface area contributed by atoms with Crippen molar-refractivity contribution in [3.8, 4) is 17.2 Å². The fourth-order valence-electron chi connectivity index (χ4n) is 4.15. The Kier molecular flexibility index (Phi) is 5.70. The molecule has 0 heterocycles. The zero-order valence-corrected chi connectivity index (χ0v) is 19.1. The van der Waals surface area contributed by atoms with Gasteiger partial charge in [-0.3, -0.25) is 0 Å². The summed E-state index contributed by atoms with van der Waals surface area (Å²) in [6, 6.07) is 21.3. The van der Waals surface area contributed by atoms with Crippen molar-refractivity contribution in [1.82, 2.24) is 0 Å². The highest BCUT2D eigenvalue weighted by Gasteiger charge is 2.32. The minimum atomic E-state index is -0.136. The minimum absolute atomic E-state index is 0.136. The van der Waals surface area contributed by atoms with Crippen molar-refractivity contribution >= 4 is 16.9 Å². The van der Waals surface area contributed by atoms with Gasteiger partial charge in [-0.15, -0.1) is 0 Å². The van der Waals surface area contributed by atoms with Gasteiger partial charge < -0.3 is 20.9 Å². The first-order valence-electron chi connectivity index (χ1n) is 10.8. The Hall–Kier alpha value is -3.66. The monoisotopic (exact) mass is 426 g/mol. The Balaban J connectivity index is 1.59. The lowest BCUT2D eigenvalue weighted by molar-refractivity contribution is 0.271. The molecule has 0 atom stereocenters. The van der Waals surface area contributed by atoms with E-state index in [0.29, 0.717) is 0 Å². The third-order valence-electron chi connectivity index (χ3n) is 5.75. The Bertz CT molecular complexity index is 1190. The topological polar surface area (TPSA) is 70.5 Å². The van der Waals surface area contributed by atoms with Gasteiger partial charge in [0.1, 0.15) is 23.0 Å². The van der Waals surface area contributed by atoms with Crippen molar-refractivity contribution in [3.05, 3.63) is 95.3 Å². The molecule has 0 amide bonds. The second-order valence-corrected chi connectivity index (χ2v) is 9.06. The zero-order chi connectivity index (χ0) is 22.9. The Morgan fingerprint density at radius 1 is 0.750 bits per heavy atom. The lowest BCUT2D eigenvalue weighted by Gasteiger charge is -2.34. The smallest absolute Gasteiger partial charge is 0.130 e. The molecular formula is C28H30N2O2. The summed E-state index contributed by atoms with van der Waals surface area (Å²) in [6.45, 7) is 8.63. The molecule has 4 rings (SSSR count). The maximum atomic E-state index is 6.29. The van der Waals surface area contributed by atoms with Gasteiger partial charge in [-0.1, -0.05) is 26.0 Å². The number of nitrogens with two attached hydrogens (primary N) is 2. The van der Waals surface area contributed by atoms with Crippen molar-refractivity contribution in [1.29, 1.82) is 0 Å². The van der Waals surface area contributed by atoms with E-state index >= 15 is 0 Å². The van der Waals surface area contributed by atoms with Crippen LogP contribution >= 0.6 is 0 Å². The SMILES string of the molecule is CC1=C(Oc2ccc(N)cc2)C(C)(C)CC(c2ccc(Oc3ccc(N)cc3)c(C)c2)=C1. The maximum absolute atomic E-state index is 6.29. The molecule has 1 aliphatic rings. The number of nitrogen functional groups attached to an aromatic ring is 2. The summed E-state index contributed by atoms with van der Waals surface area (Å²) >= 11 is 0. The van der Waals surface area contributed by atoms with Crippen LogP contribution in [0.1, 0.15) is 38.3 Å². The van der Waals surface area contributed by atoms with E-state index in [1.54, 1.807) is 0 Å². The molecule has 0 aromatic heterocycles. The summed E-state index contributed by atoms with van der Waals surface area (Å²) in [5.41, 5.74) is 17.6. The second kappa shape index (κ2) is 8.46. The molecule has 0 spiro atoms. The number of ether oxygens (including phenoxy) is 2. The first-order valence-corrected chi connectivity index (χ1v) is 10.8.